The van der Waals surface area contributed by atoms with E-state index in [1.807, 2.05) is 0 Å². The Morgan fingerprint density at radius 1 is 1.29 bits per heavy atom. The molecule has 0 aliphatic carbocycles. The third-order valence-corrected chi connectivity index (χ3v) is 4.07. The minimum Gasteiger partial charge on any atom is -0.465 e. The molecule has 1 aliphatic rings. The molecule has 11 heteroatoms. The first kappa shape index (κ1) is 18.8. The van der Waals surface area contributed by atoms with Gasteiger partial charge in [-0.05, 0) is 12.1 Å². The van der Waals surface area contributed by atoms with Crippen molar-refractivity contribution < 1.29 is 24.0 Å². The van der Waals surface area contributed by atoms with Crippen molar-refractivity contribution in [3.8, 4) is 0 Å². The summed E-state index contributed by atoms with van der Waals surface area (Å²) in [5, 5.41) is 13.7. The van der Waals surface area contributed by atoms with Gasteiger partial charge >= 0.3 is 5.97 Å². The molecular formula is C17H14N4O7. The molecule has 28 heavy (non-hydrogen) atoms. The van der Waals surface area contributed by atoms with Crippen LogP contribution in [0.4, 0.5) is 17.1 Å². The van der Waals surface area contributed by atoms with Gasteiger partial charge in [0.25, 0.3) is 11.2 Å². The molecule has 1 aromatic heterocycles. The van der Waals surface area contributed by atoms with E-state index in [-0.39, 0.29) is 6.54 Å². The highest BCUT2D eigenvalue weighted by Crippen LogP contribution is 2.29. The van der Waals surface area contributed by atoms with Crippen LogP contribution in [0.15, 0.2) is 41.3 Å². The molecular weight excluding hydrogens is 372 g/mol. The zero-order chi connectivity index (χ0) is 20.4. The van der Waals surface area contributed by atoms with Crippen LogP contribution in [0, 0.1) is 10.1 Å². The van der Waals surface area contributed by atoms with Crippen molar-refractivity contribution in [2.24, 2.45) is 0 Å². The minimum atomic E-state index is -1.06. The predicted molar refractivity (Wildman–Crippen MR) is 96.1 cm³/mol. The molecule has 2 heterocycles. The second-order valence-corrected chi connectivity index (χ2v) is 5.84. The quantitative estimate of drug-likeness (QED) is 0.459. The van der Waals surface area contributed by atoms with Crippen molar-refractivity contribution in [2.45, 2.75) is 6.54 Å². The van der Waals surface area contributed by atoms with Gasteiger partial charge in [0.1, 0.15) is 18.7 Å². The van der Waals surface area contributed by atoms with Gasteiger partial charge in [0.2, 0.25) is 11.8 Å². The second-order valence-electron chi connectivity index (χ2n) is 5.84. The number of carbonyl (C=O) groups excluding carboxylic acids is 3. The number of methoxy groups -OCH3 is 1. The van der Waals surface area contributed by atoms with Gasteiger partial charge in [-0.2, -0.15) is 0 Å². The van der Waals surface area contributed by atoms with Crippen LogP contribution in [0.5, 0.6) is 0 Å². The lowest BCUT2D eigenvalue weighted by molar-refractivity contribution is -0.385. The normalized spacial score (nSPS) is 12.8. The Labute approximate surface area is 157 Å². The van der Waals surface area contributed by atoms with Gasteiger partial charge in [0.05, 0.1) is 29.6 Å². The lowest BCUT2D eigenvalue weighted by Gasteiger charge is -2.29. The lowest BCUT2D eigenvalue weighted by atomic mass is 10.2. The van der Waals surface area contributed by atoms with Crippen molar-refractivity contribution >= 4 is 34.8 Å². The summed E-state index contributed by atoms with van der Waals surface area (Å²) < 4.78 is 5.22. The van der Waals surface area contributed by atoms with E-state index in [9.17, 15) is 29.3 Å². The Kier molecular flexibility index (Phi) is 4.90. The van der Waals surface area contributed by atoms with Crippen molar-refractivity contribution in [2.75, 3.05) is 23.9 Å². The smallest absolute Gasteiger partial charge is 0.343 e. The monoisotopic (exact) mass is 386 g/mol. The van der Waals surface area contributed by atoms with E-state index < -0.39 is 46.1 Å². The average molecular weight is 386 g/mol. The number of rotatable bonds is 4. The van der Waals surface area contributed by atoms with Crippen molar-refractivity contribution in [1.29, 1.82) is 0 Å². The van der Waals surface area contributed by atoms with Gasteiger partial charge in [-0.25, -0.2) is 4.79 Å². The van der Waals surface area contributed by atoms with E-state index in [1.54, 1.807) is 24.3 Å². The summed E-state index contributed by atoms with van der Waals surface area (Å²) in [4.78, 5) is 60.3. The summed E-state index contributed by atoms with van der Waals surface area (Å²) in [6.45, 7) is -0.879. The third kappa shape index (κ3) is 3.45. The fourth-order valence-corrected chi connectivity index (χ4v) is 2.78. The number of nitrogens with one attached hydrogen (secondary N) is 1. The molecule has 0 unspecified atom stereocenters. The number of nitro groups is 1. The van der Waals surface area contributed by atoms with Crippen LogP contribution >= 0.6 is 0 Å². The van der Waals surface area contributed by atoms with Gasteiger partial charge in [-0.1, -0.05) is 12.1 Å². The fraction of sp³-hybridized carbons (Fsp3) is 0.176. The SMILES string of the molecule is COC(=O)c1cc([N+](=O)[O-])cn(CC(=O)N2CC(=O)Nc3ccccc32)c1=O. The molecule has 11 nitrogen and oxygen atoms in total. The van der Waals surface area contributed by atoms with E-state index in [1.165, 1.54) is 0 Å². The number of hydrogen-bond acceptors (Lipinski definition) is 7. The summed E-state index contributed by atoms with van der Waals surface area (Å²) in [5.74, 6) is -2.13. The van der Waals surface area contributed by atoms with Crippen LogP contribution in [0.2, 0.25) is 0 Å². The van der Waals surface area contributed by atoms with Gasteiger partial charge in [-0.15, -0.1) is 0 Å². The van der Waals surface area contributed by atoms with E-state index in [2.05, 4.69) is 10.1 Å². The third-order valence-electron chi connectivity index (χ3n) is 4.07. The molecule has 0 spiro atoms. The summed E-state index contributed by atoms with van der Waals surface area (Å²) in [6, 6.07) is 7.37. The zero-order valence-electron chi connectivity index (χ0n) is 14.6. The summed E-state index contributed by atoms with van der Waals surface area (Å²) in [6.07, 6.45) is 0.864. The molecule has 0 bridgehead atoms. The molecule has 0 radical (unpaired) electrons. The van der Waals surface area contributed by atoms with E-state index in [0.717, 1.165) is 28.8 Å². The first-order valence-electron chi connectivity index (χ1n) is 7.98. The Bertz CT molecular complexity index is 1060. The molecule has 1 N–H and O–H groups in total. The standard InChI is InChI=1S/C17H14N4O7/c1-28-17(25)11-6-10(21(26)27)7-19(16(11)24)9-15(23)20-8-14(22)18-12-4-2-3-5-13(12)20/h2-7H,8-9H2,1H3,(H,18,22). The van der Waals surface area contributed by atoms with Gasteiger partial charge < -0.3 is 10.1 Å². The highest BCUT2D eigenvalue weighted by Gasteiger charge is 2.28. The van der Waals surface area contributed by atoms with E-state index in [4.69, 9.17) is 0 Å². The molecule has 0 fully saturated rings. The Hall–Kier alpha value is -4.02. The molecule has 3 rings (SSSR count). The number of nitrogens with zero attached hydrogens (tertiary/aromatic N) is 3. The van der Waals surface area contributed by atoms with Crippen molar-refractivity contribution in [3.05, 3.63) is 62.6 Å². The summed E-state index contributed by atoms with van der Waals surface area (Å²) >= 11 is 0. The molecule has 1 aromatic carbocycles. The number of benzene rings is 1. The lowest BCUT2D eigenvalue weighted by Crippen LogP contribution is -2.44. The van der Waals surface area contributed by atoms with Gasteiger partial charge in [0.15, 0.2) is 0 Å². The molecule has 2 amide bonds. The number of anilines is 2. The molecule has 0 saturated carbocycles. The van der Waals surface area contributed by atoms with Crippen LogP contribution in [0.25, 0.3) is 0 Å². The Morgan fingerprint density at radius 2 is 2.00 bits per heavy atom. The predicted octanol–water partition coefficient (Wildman–Crippen LogP) is 0.528. The molecule has 2 aromatic rings. The number of esters is 1. The first-order valence-corrected chi connectivity index (χ1v) is 7.98. The van der Waals surface area contributed by atoms with Gasteiger partial charge in [0, 0.05) is 6.07 Å². The minimum absolute atomic E-state index is 0.274. The number of hydrogen-bond donors (Lipinski definition) is 1. The summed E-state index contributed by atoms with van der Waals surface area (Å²) in [5.41, 5.74) is -1.18. The average Bonchev–Trinajstić information content (AvgIpc) is 2.67. The maximum atomic E-state index is 12.8. The number of ether oxygens (including phenoxy) is 1. The number of carbonyl (C=O) groups is 3. The number of para-hydroxylation sites is 2. The van der Waals surface area contributed by atoms with Crippen LogP contribution in [0.1, 0.15) is 10.4 Å². The number of fused-ring (bicyclic) bond motifs is 1. The molecule has 144 valence electrons. The van der Waals surface area contributed by atoms with Gasteiger partial charge in [-0.3, -0.25) is 34.0 Å². The zero-order valence-corrected chi connectivity index (χ0v) is 14.6. The van der Waals surface area contributed by atoms with Crippen LogP contribution in [0.3, 0.4) is 0 Å². The summed E-state index contributed by atoms with van der Waals surface area (Å²) in [7, 11) is 1.03. The maximum Gasteiger partial charge on any atom is 0.343 e. The van der Waals surface area contributed by atoms with Crippen molar-refractivity contribution in [1.82, 2.24) is 4.57 Å². The van der Waals surface area contributed by atoms with E-state index in [0.29, 0.717) is 11.4 Å². The number of aromatic nitrogens is 1. The Balaban J connectivity index is 2.00. The topological polar surface area (TPSA) is 141 Å². The van der Waals surface area contributed by atoms with Crippen molar-refractivity contribution in [3.63, 3.8) is 0 Å². The highest BCUT2D eigenvalue weighted by atomic mass is 16.6. The first-order chi connectivity index (χ1) is 13.3. The number of pyridine rings is 1. The molecule has 0 atom stereocenters. The Morgan fingerprint density at radius 3 is 2.68 bits per heavy atom. The highest BCUT2D eigenvalue weighted by molar-refractivity contribution is 6.09. The van der Waals surface area contributed by atoms with Crippen LogP contribution in [-0.4, -0.2) is 40.9 Å². The second kappa shape index (κ2) is 7.31. The molecule has 0 saturated heterocycles. The van der Waals surface area contributed by atoms with E-state index >= 15 is 0 Å². The maximum absolute atomic E-state index is 12.8. The van der Waals surface area contributed by atoms with Crippen LogP contribution in [-0.2, 0) is 20.9 Å². The largest absolute Gasteiger partial charge is 0.465 e. The van der Waals surface area contributed by atoms with Crippen LogP contribution < -0.4 is 15.8 Å². The number of amides is 2. The molecule has 1 aliphatic heterocycles. The fourth-order valence-electron chi connectivity index (χ4n) is 2.78.